The van der Waals surface area contributed by atoms with Gasteiger partial charge in [-0.1, -0.05) is 24.3 Å². The van der Waals surface area contributed by atoms with Gasteiger partial charge in [-0.3, -0.25) is 4.79 Å². The fraction of sp³-hybridized carbons (Fsp3) is 0.357. The van der Waals surface area contributed by atoms with Gasteiger partial charge >= 0.3 is 5.97 Å². The van der Waals surface area contributed by atoms with Crippen molar-refractivity contribution in [3.8, 4) is 5.75 Å². The highest BCUT2D eigenvalue weighted by molar-refractivity contribution is 6.04. The van der Waals surface area contributed by atoms with Crippen LogP contribution in [-0.2, 0) is 14.3 Å². The van der Waals surface area contributed by atoms with Crippen LogP contribution < -0.4 is 5.32 Å². The van der Waals surface area contributed by atoms with E-state index in [1.165, 1.54) is 12.1 Å². The van der Waals surface area contributed by atoms with Gasteiger partial charge in [-0.05, 0) is 80.3 Å². The Hall–Kier alpha value is -3.41. The van der Waals surface area contributed by atoms with E-state index in [-0.39, 0.29) is 35.8 Å². The van der Waals surface area contributed by atoms with Crippen molar-refractivity contribution < 1.29 is 23.8 Å². The molecular weight excluding hydrogens is 433 g/mol. The van der Waals surface area contributed by atoms with Crippen molar-refractivity contribution in [2.75, 3.05) is 0 Å². The number of aromatic hydroxyl groups is 1. The summed E-state index contributed by atoms with van der Waals surface area (Å²) in [6.07, 6.45) is 4.54. The number of nitrogens with one attached hydrogen (secondary N) is 1. The van der Waals surface area contributed by atoms with Crippen molar-refractivity contribution in [1.29, 1.82) is 0 Å². The maximum absolute atomic E-state index is 13.6. The standard InChI is InChI=1S/C28H28FNO4/c1-16-25(28(33)34-22-7-2-3-8-22)26(18-5-4-6-21(31)13-18)27-23(30-16)14-19(15-24(27)32)17-9-11-20(29)12-10-17/h4-6,9-13,19,22,26,30-31H,2-3,7-8,14-15H2,1H3. The van der Waals surface area contributed by atoms with Crippen LogP contribution in [0.4, 0.5) is 4.39 Å². The number of halogens is 1. The summed E-state index contributed by atoms with van der Waals surface area (Å²) in [6, 6.07) is 13.0. The molecule has 2 unspecified atom stereocenters. The zero-order valence-corrected chi connectivity index (χ0v) is 19.1. The molecule has 0 aromatic heterocycles. The zero-order chi connectivity index (χ0) is 23.8. The third kappa shape index (κ3) is 4.25. The number of esters is 1. The molecule has 2 aromatic rings. The minimum absolute atomic E-state index is 0.0601. The number of Topliss-reactive ketones (excluding diaryl/α,β-unsaturated/α-hetero) is 1. The van der Waals surface area contributed by atoms with Gasteiger partial charge < -0.3 is 15.2 Å². The molecule has 0 radical (unpaired) electrons. The van der Waals surface area contributed by atoms with Gasteiger partial charge in [0, 0.05) is 29.3 Å². The Morgan fingerprint density at radius 2 is 1.79 bits per heavy atom. The molecular formula is C28H28FNO4. The molecule has 0 amide bonds. The number of carbonyl (C=O) groups is 2. The number of dihydropyridines is 1. The lowest BCUT2D eigenvalue weighted by Gasteiger charge is -2.37. The largest absolute Gasteiger partial charge is 0.508 e. The van der Waals surface area contributed by atoms with Gasteiger partial charge in [0.2, 0.25) is 0 Å². The van der Waals surface area contributed by atoms with E-state index < -0.39 is 11.9 Å². The molecule has 1 fully saturated rings. The molecule has 2 N–H and O–H groups in total. The van der Waals surface area contributed by atoms with Crippen molar-refractivity contribution in [3.63, 3.8) is 0 Å². The van der Waals surface area contributed by atoms with E-state index in [1.807, 2.05) is 13.0 Å². The maximum atomic E-state index is 13.6. The summed E-state index contributed by atoms with van der Waals surface area (Å²) < 4.78 is 19.3. The average molecular weight is 462 g/mol. The molecule has 6 heteroatoms. The van der Waals surface area contributed by atoms with E-state index in [4.69, 9.17) is 4.74 Å². The second kappa shape index (κ2) is 9.09. The lowest BCUT2D eigenvalue weighted by Crippen LogP contribution is -2.36. The van der Waals surface area contributed by atoms with Gasteiger partial charge in [0.15, 0.2) is 5.78 Å². The minimum Gasteiger partial charge on any atom is -0.508 e. The van der Waals surface area contributed by atoms with Gasteiger partial charge in [0.05, 0.1) is 5.57 Å². The molecule has 1 heterocycles. The molecule has 2 atom stereocenters. The summed E-state index contributed by atoms with van der Waals surface area (Å²) in [6.45, 7) is 1.83. The molecule has 0 saturated heterocycles. The zero-order valence-electron chi connectivity index (χ0n) is 19.1. The number of hydrogen-bond acceptors (Lipinski definition) is 5. The van der Waals surface area contributed by atoms with Gasteiger partial charge in [0.25, 0.3) is 0 Å². The van der Waals surface area contributed by atoms with Gasteiger partial charge in [0.1, 0.15) is 17.7 Å². The van der Waals surface area contributed by atoms with Gasteiger partial charge in [-0.25, -0.2) is 9.18 Å². The highest BCUT2D eigenvalue weighted by atomic mass is 19.1. The number of rotatable bonds is 4. The van der Waals surface area contributed by atoms with E-state index >= 15 is 0 Å². The normalized spacial score (nSPS) is 23.1. The first-order valence-corrected chi connectivity index (χ1v) is 11.9. The molecule has 3 aliphatic rings. The minimum atomic E-state index is -0.612. The molecule has 1 aliphatic heterocycles. The van der Waals surface area contributed by atoms with Crippen molar-refractivity contribution in [3.05, 3.63) is 88.0 Å². The molecule has 2 aliphatic carbocycles. The van der Waals surface area contributed by atoms with E-state index in [9.17, 15) is 19.1 Å². The van der Waals surface area contributed by atoms with Crippen molar-refractivity contribution in [2.45, 2.75) is 63.4 Å². The summed E-state index contributed by atoms with van der Waals surface area (Å²) in [4.78, 5) is 26.9. The molecule has 176 valence electrons. The molecule has 0 bridgehead atoms. The Bertz CT molecular complexity index is 1190. The quantitative estimate of drug-likeness (QED) is 0.598. The summed E-state index contributed by atoms with van der Waals surface area (Å²) in [7, 11) is 0. The number of allylic oxidation sites excluding steroid dienone is 3. The molecule has 1 saturated carbocycles. The smallest absolute Gasteiger partial charge is 0.337 e. The third-order valence-corrected chi connectivity index (χ3v) is 7.17. The number of phenolic OH excluding ortho intramolecular Hbond substituents is 1. The van der Waals surface area contributed by atoms with Crippen LogP contribution in [0.15, 0.2) is 71.1 Å². The first kappa shape index (κ1) is 22.4. The third-order valence-electron chi connectivity index (χ3n) is 7.17. The fourth-order valence-corrected chi connectivity index (χ4v) is 5.54. The fourth-order valence-electron chi connectivity index (χ4n) is 5.54. The Balaban J connectivity index is 1.54. The highest BCUT2D eigenvalue weighted by Gasteiger charge is 2.42. The molecule has 34 heavy (non-hydrogen) atoms. The Labute approximate surface area is 198 Å². The second-order valence-electron chi connectivity index (χ2n) is 9.48. The van der Waals surface area contributed by atoms with Crippen LogP contribution in [0, 0.1) is 5.82 Å². The molecule has 0 spiro atoms. The van der Waals surface area contributed by atoms with Crippen LogP contribution in [0.1, 0.15) is 68.4 Å². The number of carbonyl (C=O) groups excluding carboxylic acids is 2. The van der Waals surface area contributed by atoms with Crippen LogP contribution in [0.5, 0.6) is 5.75 Å². The van der Waals surface area contributed by atoms with Crippen LogP contribution in [0.25, 0.3) is 0 Å². The van der Waals surface area contributed by atoms with E-state index in [2.05, 4.69) is 5.32 Å². The topological polar surface area (TPSA) is 75.6 Å². The average Bonchev–Trinajstić information content (AvgIpc) is 3.31. The number of ketones is 1. The summed E-state index contributed by atoms with van der Waals surface area (Å²) in [5.74, 6) is -1.40. The van der Waals surface area contributed by atoms with Crippen LogP contribution in [-0.4, -0.2) is 23.0 Å². The summed E-state index contributed by atoms with van der Waals surface area (Å²) in [5, 5.41) is 13.5. The highest BCUT2D eigenvalue weighted by Crippen LogP contribution is 2.46. The number of phenols is 1. The van der Waals surface area contributed by atoms with Gasteiger partial charge in [-0.2, -0.15) is 0 Å². The first-order chi connectivity index (χ1) is 16.4. The Morgan fingerprint density at radius 3 is 2.50 bits per heavy atom. The number of benzene rings is 2. The summed E-state index contributed by atoms with van der Waals surface area (Å²) >= 11 is 0. The lowest BCUT2D eigenvalue weighted by atomic mass is 9.71. The van der Waals surface area contributed by atoms with Crippen LogP contribution in [0.2, 0.25) is 0 Å². The molecule has 2 aromatic carbocycles. The Kier molecular flexibility index (Phi) is 5.98. The van der Waals surface area contributed by atoms with E-state index in [0.29, 0.717) is 28.8 Å². The predicted octanol–water partition coefficient (Wildman–Crippen LogP) is 5.38. The second-order valence-corrected chi connectivity index (χ2v) is 9.48. The number of hydrogen-bond donors (Lipinski definition) is 2. The maximum Gasteiger partial charge on any atom is 0.337 e. The first-order valence-electron chi connectivity index (χ1n) is 11.9. The SMILES string of the molecule is CC1=C(C(=O)OC2CCCC2)C(c2cccc(O)c2)C2=C(CC(c3ccc(F)cc3)CC2=O)N1. The van der Waals surface area contributed by atoms with Gasteiger partial charge in [-0.15, -0.1) is 0 Å². The molecule has 5 nitrogen and oxygen atoms in total. The van der Waals surface area contributed by atoms with Crippen LogP contribution in [0.3, 0.4) is 0 Å². The summed E-state index contributed by atoms with van der Waals surface area (Å²) in [5.41, 5.74) is 3.99. The van der Waals surface area contributed by atoms with Crippen molar-refractivity contribution in [2.24, 2.45) is 0 Å². The van der Waals surface area contributed by atoms with Crippen molar-refractivity contribution in [1.82, 2.24) is 5.32 Å². The predicted molar refractivity (Wildman–Crippen MR) is 125 cm³/mol. The van der Waals surface area contributed by atoms with Crippen LogP contribution >= 0.6 is 0 Å². The monoisotopic (exact) mass is 461 g/mol. The van der Waals surface area contributed by atoms with E-state index in [1.54, 1.807) is 30.3 Å². The van der Waals surface area contributed by atoms with E-state index in [0.717, 1.165) is 36.9 Å². The lowest BCUT2D eigenvalue weighted by molar-refractivity contribution is -0.144. The molecule has 5 rings (SSSR count). The van der Waals surface area contributed by atoms with Crippen molar-refractivity contribution >= 4 is 11.8 Å². The Morgan fingerprint density at radius 1 is 1.06 bits per heavy atom. The number of ether oxygens (including phenoxy) is 1.